The Morgan fingerprint density at radius 3 is 1.67 bits per heavy atom. The predicted octanol–water partition coefficient (Wildman–Crippen LogP) is -0.385. The molecule has 0 aliphatic rings. The Bertz CT molecular complexity index is 203. The maximum Gasteiger partial charge on any atom is 0.314 e. The van der Waals surface area contributed by atoms with Crippen LogP contribution < -0.4 is 0 Å². The van der Waals surface area contributed by atoms with Crippen LogP contribution in [0.2, 0.25) is 0 Å². The van der Waals surface area contributed by atoms with E-state index in [1.54, 1.807) is 0 Å². The quantitative estimate of drug-likeness (QED) is 0.587. The fourth-order valence-corrected chi connectivity index (χ4v) is 0.265. The zero-order valence-electron chi connectivity index (χ0n) is 5.88. The highest BCUT2D eigenvalue weighted by Gasteiger charge is 2.01. The fourth-order valence-electron chi connectivity index (χ4n) is 0.265. The summed E-state index contributed by atoms with van der Waals surface area (Å²) in [5, 5.41) is 21.9. The summed E-state index contributed by atoms with van der Waals surface area (Å²) in [7, 11) is 0. The van der Waals surface area contributed by atoms with Crippen molar-refractivity contribution in [2.24, 2.45) is 0 Å². The van der Waals surface area contributed by atoms with Crippen LogP contribution >= 0.6 is 0 Å². The molecule has 12 heavy (non-hydrogen) atoms. The van der Waals surface area contributed by atoms with Gasteiger partial charge in [0.05, 0.1) is 12.4 Å². The molecule has 0 spiro atoms. The highest BCUT2D eigenvalue weighted by molar-refractivity contribution is 5.88. The molecule has 7 heteroatoms. The molecule has 0 radical (unpaired) electrons. The van der Waals surface area contributed by atoms with Crippen LogP contribution in [0.3, 0.4) is 0 Å². The summed E-state index contributed by atoms with van der Waals surface area (Å²) in [6, 6.07) is 0. The van der Waals surface area contributed by atoms with E-state index >= 15 is 0 Å². The number of rotatable bonds is 2. The Morgan fingerprint density at radius 1 is 1.17 bits per heavy atom. The van der Waals surface area contributed by atoms with Crippen LogP contribution in [0.25, 0.3) is 0 Å². The lowest BCUT2D eigenvalue weighted by Gasteiger charge is -1.80. The van der Waals surface area contributed by atoms with Crippen molar-refractivity contribution in [1.82, 2.24) is 10.3 Å². The van der Waals surface area contributed by atoms with Crippen LogP contribution in [0.1, 0.15) is 6.42 Å². The molecule has 1 heterocycles. The largest absolute Gasteiger partial charge is 0.481 e. The highest BCUT2D eigenvalue weighted by Crippen LogP contribution is 1.74. The van der Waals surface area contributed by atoms with Gasteiger partial charge in [0.2, 0.25) is 0 Å². The van der Waals surface area contributed by atoms with Crippen molar-refractivity contribution in [2.45, 2.75) is 6.42 Å². The predicted molar refractivity (Wildman–Crippen MR) is 34.2 cm³/mol. The second-order valence-corrected chi connectivity index (χ2v) is 1.55. The van der Waals surface area contributed by atoms with Gasteiger partial charge in [0.1, 0.15) is 6.42 Å². The molecular formula is C5H6N2O5. The average molecular weight is 174 g/mol. The Kier molecular flexibility index (Phi) is 4.90. The molecule has 1 aromatic heterocycles. The summed E-state index contributed by atoms with van der Waals surface area (Å²) < 4.78 is 4.08. The first-order valence-electron chi connectivity index (χ1n) is 2.78. The minimum absolute atomic E-state index is 0.806. The van der Waals surface area contributed by atoms with Crippen LogP contribution in [-0.2, 0) is 9.59 Å². The molecule has 66 valence electrons. The van der Waals surface area contributed by atoms with Gasteiger partial charge in [-0.3, -0.25) is 9.59 Å². The normalized spacial score (nSPS) is 8.00. The van der Waals surface area contributed by atoms with E-state index in [4.69, 9.17) is 10.2 Å². The first-order valence-corrected chi connectivity index (χ1v) is 2.78. The Balaban J connectivity index is 0.000000211. The molecule has 2 N–H and O–H groups in total. The average Bonchev–Trinajstić information content (AvgIpc) is 2.36. The number of nitrogens with zero attached hydrogens (tertiary/aromatic N) is 2. The summed E-state index contributed by atoms with van der Waals surface area (Å²) >= 11 is 0. The van der Waals surface area contributed by atoms with Gasteiger partial charge in [-0.15, -0.1) is 0 Å². The minimum Gasteiger partial charge on any atom is -0.481 e. The smallest absolute Gasteiger partial charge is 0.314 e. The van der Waals surface area contributed by atoms with E-state index in [0.717, 1.165) is 0 Å². The zero-order chi connectivity index (χ0) is 9.40. The monoisotopic (exact) mass is 174 g/mol. The summed E-state index contributed by atoms with van der Waals surface area (Å²) in [4.78, 5) is 18.9. The van der Waals surface area contributed by atoms with Crippen molar-refractivity contribution >= 4 is 11.9 Å². The first-order chi connectivity index (χ1) is 5.63. The van der Waals surface area contributed by atoms with E-state index in [1.807, 2.05) is 0 Å². The number of carboxylic acid groups (broad SMARTS) is 2. The second kappa shape index (κ2) is 5.83. The fraction of sp³-hybridized carbons (Fsp3) is 0.200. The Labute approximate surface area is 66.6 Å². The molecule has 0 saturated carbocycles. The molecule has 7 nitrogen and oxygen atoms in total. The van der Waals surface area contributed by atoms with E-state index < -0.39 is 18.4 Å². The molecular weight excluding hydrogens is 168 g/mol. The van der Waals surface area contributed by atoms with Crippen molar-refractivity contribution in [3.63, 3.8) is 0 Å². The standard InChI is InChI=1S/C3H4O4.C2H2N2O/c4-2(5)1-3(6)7;1-2-4-5-3-1/h1H2,(H,4,5)(H,6,7);1-2H. The number of hydrogen-bond acceptors (Lipinski definition) is 5. The van der Waals surface area contributed by atoms with Gasteiger partial charge in [0.15, 0.2) is 0 Å². The van der Waals surface area contributed by atoms with E-state index in [9.17, 15) is 9.59 Å². The lowest BCUT2D eigenvalue weighted by molar-refractivity contribution is -0.147. The van der Waals surface area contributed by atoms with E-state index in [-0.39, 0.29) is 0 Å². The van der Waals surface area contributed by atoms with E-state index in [1.165, 1.54) is 12.4 Å². The van der Waals surface area contributed by atoms with E-state index in [2.05, 4.69) is 14.9 Å². The first kappa shape index (κ1) is 10.1. The molecule has 0 aliphatic carbocycles. The van der Waals surface area contributed by atoms with Crippen molar-refractivity contribution in [2.75, 3.05) is 0 Å². The molecule has 1 rings (SSSR count). The lowest BCUT2D eigenvalue weighted by atomic mass is 10.5. The van der Waals surface area contributed by atoms with Crippen LogP contribution in [0.5, 0.6) is 0 Å². The van der Waals surface area contributed by atoms with Crippen LogP contribution in [0.15, 0.2) is 17.0 Å². The van der Waals surface area contributed by atoms with E-state index in [0.29, 0.717) is 0 Å². The molecule has 0 saturated heterocycles. The van der Waals surface area contributed by atoms with Gasteiger partial charge in [0.25, 0.3) is 0 Å². The zero-order valence-corrected chi connectivity index (χ0v) is 5.88. The van der Waals surface area contributed by atoms with Crippen LogP contribution in [0, 0.1) is 0 Å². The number of aromatic nitrogens is 2. The Hall–Kier alpha value is -1.92. The van der Waals surface area contributed by atoms with Crippen LogP contribution in [-0.4, -0.2) is 32.5 Å². The maximum atomic E-state index is 9.43. The number of carboxylic acids is 2. The van der Waals surface area contributed by atoms with Crippen molar-refractivity contribution in [3.05, 3.63) is 12.4 Å². The maximum absolute atomic E-state index is 9.43. The molecule has 0 amide bonds. The lowest BCUT2D eigenvalue weighted by Crippen LogP contribution is -2.03. The number of hydrogen-bond donors (Lipinski definition) is 2. The molecule has 0 aliphatic heterocycles. The minimum atomic E-state index is -1.31. The number of carbonyl (C=O) groups is 2. The second-order valence-electron chi connectivity index (χ2n) is 1.55. The topological polar surface area (TPSA) is 114 Å². The summed E-state index contributed by atoms with van der Waals surface area (Å²) in [6.45, 7) is 0. The van der Waals surface area contributed by atoms with Gasteiger partial charge in [-0.1, -0.05) is 10.3 Å². The van der Waals surface area contributed by atoms with Crippen LogP contribution in [0.4, 0.5) is 0 Å². The number of aliphatic carboxylic acids is 2. The van der Waals surface area contributed by atoms with Gasteiger partial charge < -0.3 is 10.2 Å². The van der Waals surface area contributed by atoms with Crippen molar-refractivity contribution in [1.29, 1.82) is 0 Å². The SMILES string of the molecule is O=C(O)CC(=O)O.c1cnon1. The molecule has 0 aromatic carbocycles. The third-order valence-electron chi connectivity index (χ3n) is 0.585. The van der Waals surface area contributed by atoms with Crippen molar-refractivity contribution < 1.29 is 24.4 Å². The summed E-state index contributed by atoms with van der Waals surface area (Å²) in [5.41, 5.74) is 0. The van der Waals surface area contributed by atoms with Crippen molar-refractivity contribution in [3.8, 4) is 0 Å². The summed E-state index contributed by atoms with van der Waals surface area (Å²) in [6.07, 6.45) is 2.14. The molecule has 0 bridgehead atoms. The molecule has 0 unspecified atom stereocenters. The Morgan fingerprint density at radius 2 is 1.58 bits per heavy atom. The van der Waals surface area contributed by atoms with Gasteiger partial charge in [-0.25, -0.2) is 4.63 Å². The summed E-state index contributed by atoms with van der Waals surface area (Å²) in [5.74, 6) is -2.62. The van der Waals surface area contributed by atoms with Gasteiger partial charge in [-0.2, -0.15) is 0 Å². The molecule has 0 fully saturated rings. The van der Waals surface area contributed by atoms with Gasteiger partial charge in [0, 0.05) is 0 Å². The van der Waals surface area contributed by atoms with Gasteiger partial charge >= 0.3 is 11.9 Å². The highest BCUT2D eigenvalue weighted by atomic mass is 16.6. The third kappa shape index (κ3) is 8.08. The molecule has 1 aromatic rings. The molecule has 0 atom stereocenters. The third-order valence-corrected chi connectivity index (χ3v) is 0.585. The van der Waals surface area contributed by atoms with Gasteiger partial charge in [-0.05, 0) is 0 Å².